The average molecular weight is 133 g/mol. The molecular weight excluding hydrogens is 122 g/mol. The van der Waals surface area contributed by atoms with Crippen LogP contribution in [-0.4, -0.2) is 4.98 Å². The molecule has 1 heteroatoms. The number of rotatable bonds is 1. The first kappa shape index (κ1) is 5.90. The fraction of sp³-hybridized carbons (Fsp3) is 0.444. The van der Waals surface area contributed by atoms with Gasteiger partial charge in [-0.15, -0.1) is 0 Å². The lowest BCUT2D eigenvalue weighted by Crippen LogP contribution is -1.83. The van der Waals surface area contributed by atoms with E-state index in [2.05, 4.69) is 24.0 Å². The van der Waals surface area contributed by atoms with Crippen LogP contribution in [0.4, 0.5) is 0 Å². The SMILES string of the molecule is C[C@@H]1C[C@H]1c1ccccn1. The second-order valence-corrected chi connectivity index (χ2v) is 3.07. The Balaban J connectivity index is 2.20. The zero-order valence-corrected chi connectivity index (χ0v) is 6.12. The average Bonchev–Trinajstić information content (AvgIpc) is 2.69. The van der Waals surface area contributed by atoms with Gasteiger partial charge >= 0.3 is 0 Å². The summed E-state index contributed by atoms with van der Waals surface area (Å²) in [6.07, 6.45) is 3.21. The summed E-state index contributed by atoms with van der Waals surface area (Å²) in [5.74, 6) is 1.64. The van der Waals surface area contributed by atoms with Crippen molar-refractivity contribution in [3.8, 4) is 0 Å². The van der Waals surface area contributed by atoms with Gasteiger partial charge in [-0.2, -0.15) is 0 Å². The van der Waals surface area contributed by atoms with Crippen LogP contribution in [0.1, 0.15) is 25.0 Å². The van der Waals surface area contributed by atoms with Gasteiger partial charge in [0.1, 0.15) is 0 Å². The molecule has 1 fully saturated rings. The molecule has 1 heterocycles. The lowest BCUT2D eigenvalue weighted by atomic mass is 10.2. The van der Waals surface area contributed by atoms with E-state index in [1.54, 1.807) is 0 Å². The predicted octanol–water partition coefficient (Wildman–Crippen LogP) is 2.21. The van der Waals surface area contributed by atoms with Crippen molar-refractivity contribution in [1.82, 2.24) is 4.98 Å². The molecule has 0 radical (unpaired) electrons. The van der Waals surface area contributed by atoms with Crippen LogP contribution in [0.2, 0.25) is 0 Å². The maximum Gasteiger partial charge on any atom is 0.0437 e. The smallest absolute Gasteiger partial charge is 0.0437 e. The summed E-state index contributed by atoms with van der Waals surface area (Å²) in [4.78, 5) is 4.29. The maximum absolute atomic E-state index is 4.29. The fourth-order valence-electron chi connectivity index (χ4n) is 1.33. The Morgan fingerprint density at radius 2 is 2.30 bits per heavy atom. The minimum absolute atomic E-state index is 0.765. The third-order valence-electron chi connectivity index (χ3n) is 2.18. The van der Waals surface area contributed by atoms with E-state index in [1.807, 2.05) is 12.3 Å². The highest BCUT2D eigenvalue weighted by atomic mass is 14.7. The second kappa shape index (κ2) is 2.08. The molecule has 1 aromatic heterocycles. The zero-order valence-electron chi connectivity index (χ0n) is 6.12. The highest BCUT2D eigenvalue weighted by Gasteiger charge is 2.34. The monoisotopic (exact) mass is 133 g/mol. The normalized spacial score (nSPS) is 30.1. The molecule has 0 aromatic carbocycles. The number of aromatic nitrogens is 1. The van der Waals surface area contributed by atoms with Gasteiger partial charge in [0.2, 0.25) is 0 Å². The molecule has 2 atom stereocenters. The Labute approximate surface area is 61.1 Å². The van der Waals surface area contributed by atoms with E-state index in [9.17, 15) is 0 Å². The number of hydrogen-bond acceptors (Lipinski definition) is 1. The van der Waals surface area contributed by atoms with Gasteiger partial charge in [-0.1, -0.05) is 13.0 Å². The molecule has 1 nitrogen and oxygen atoms in total. The van der Waals surface area contributed by atoms with E-state index in [-0.39, 0.29) is 0 Å². The molecule has 0 amide bonds. The molecule has 0 spiro atoms. The summed E-state index contributed by atoms with van der Waals surface area (Å²) < 4.78 is 0. The molecule has 1 aliphatic rings. The van der Waals surface area contributed by atoms with Crippen LogP contribution in [0, 0.1) is 5.92 Å². The number of nitrogens with zero attached hydrogens (tertiary/aromatic N) is 1. The van der Waals surface area contributed by atoms with Gasteiger partial charge in [0.25, 0.3) is 0 Å². The summed E-state index contributed by atoms with van der Waals surface area (Å²) in [6.45, 7) is 2.28. The van der Waals surface area contributed by atoms with E-state index in [1.165, 1.54) is 12.1 Å². The largest absolute Gasteiger partial charge is 0.261 e. The molecule has 0 bridgehead atoms. The molecule has 1 saturated carbocycles. The molecule has 0 saturated heterocycles. The van der Waals surface area contributed by atoms with Gasteiger partial charge in [0.05, 0.1) is 0 Å². The summed E-state index contributed by atoms with van der Waals surface area (Å²) in [7, 11) is 0. The van der Waals surface area contributed by atoms with Crippen LogP contribution in [0.3, 0.4) is 0 Å². The van der Waals surface area contributed by atoms with E-state index in [0.717, 1.165) is 11.8 Å². The van der Waals surface area contributed by atoms with Gasteiger partial charge in [0, 0.05) is 17.8 Å². The van der Waals surface area contributed by atoms with E-state index in [4.69, 9.17) is 0 Å². The van der Waals surface area contributed by atoms with E-state index >= 15 is 0 Å². The zero-order chi connectivity index (χ0) is 6.97. The molecule has 2 rings (SSSR count). The van der Waals surface area contributed by atoms with Crippen molar-refractivity contribution >= 4 is 0 Å². The van der Waals surface area contributed by atoms with Crippen molar-refractivity contribution in [3.05, 3.63) is 30.1 Å². The highest BCUT2D eigenvalue weighted by Crippen LogP contribution is 2.45. The Morgan fingerprint density at radius 3 is 2.80 bits per heavy atom. The Kier molecular flexibility index (Phi) is 1.23. The highest BCUT2D eigenvalue weighted by molar-refractivity contribution is 5.16. The van der Waals surface area contributed by atoms with Crippen LogP contribution in [0.5, 0.6) is 0 Å². The van der Waals surface area contributed by atoms with Gasteiger partial charge in [0.15, 0.2) is 0 Å². The van der Waals surface area contributed by atoms with Crippen molar-refractivity contribution < 1.29 is 0 Å². The third-order valence-corrected chi connectivity index (χ3v) is 2.18. The third kappa shape index (κ3) is 0.919. The standard InChI is InChI=1S/C9H11N/c1-7-6-8(7)9-4-2-3-5-10-9/h2-5,7-8H,6H2,1H3/t7-,8-/m1/s1. The molecule has 52 valence electrons. The predicted molar refractivity (Wildman–Crippen MR) is 40.8 cm³/mol. The molecule has 0 N–H and O–H groups in total. The number of pyridine rings is 1. The van der Waals surface area contributed by atoms with Crippen LogP contribution >= 0.6 is 0 Å². The van der Waals surface area contributed by atoms with Gasteiger partial charge in [-0.25, -0.2) is 0 Å². The van der Waals surface area contributed by atoms with Crippen LogP contribution in [0.15, 0.2) is 24.4 Å². The topological polar surface area (TPSA) is 12.9 Å². The minimum Gasteiger partial charge on any atom is -0.261 e. The molecule has 10 heavy (non-hydrogen) atoms. The molecule has 1 aromatic rings. The lowest BCUT2D eigenvalue weighted by molar-refractivity contribution is 0.885. The van der Waals surface area contributed by atoms with Crippen LogP contribution in [-0.2, 0) is 0 Å². The van der Waals surface area contributed by atoms with E-state index < -0.39 is 0 Å². The molecule has 1 aliphatic carbocycles. The van der Waals surface area contributed by atoms with Crippen molar-refractivity contribution in [2.45, 2.75) is 19.3 Å². The van der Waals surface area contributed by atoms with Gasteiger partial charge in [-0.05, 0) is 24.5 Å². The first-order chi connectivity index (χ1) is 4.88. The quantitative estimate of drug-likeness (QED) is 0.572. The fourth-order valence-corrected chi connectivity index (χ4v) is 1.33. The van der Waals surface area contributed by atoms with Crippen molar-refractivity contribution in [3.63, 3.8) is 0 Å². The van der Waals surface area contributed by atoms with Crippen LogP contribution < -0.4 is 0 Å². The van der Waals surface area contributed by atoms with Crippen molar-refractivity contribution in [2.24, 2.45) is 5.92 Å². The lowest BCUT2D eigenvalue weighted by Gasteiger charge is -1.93. The summed E-state index contributed by atoms with van der Waals surface area (Å²) in [6, 6.07) is 6.15. The maximum atomic E-state index is 4.29. The molecular formula is C9H11N. The van der Waals surface area contributed by atoms with Gasteiger partial charge < -0.3 is 0 Å². The first-order valence-electron chi connectivity index (χ1n) is 3.79. The summed E-state index contributed by atoms with van der Waals surface area (Å²) in [5.41, 5.74) is 1.27. The Hall–Kier alpha value is -0.850. The van der Waals surface area contributed by atoms with Crippen LogP contribution in [0.25, 0.3) is 0 Å². The minimum atomic E-state index is 0.765. The summed E-state index contributed by atoms with van der Waals surface area (Å²) in [5, 5.41) is 0. The first-order valence-corrected chi connectivity index (χ1v) is 3.79. The van der Waals surface area contributed by atoms with Crippen molar-refractivity contribution in [2.75, 3.05) is 0 Å². The Morgan fingerprint density at radius 1 is 1.50 bits per heavy atom. The number of hydrogen-bond donors (Lipinski definition) is 0. The summed E-state index contributed by atoms with van der Waals surface area (Å²) >= 11 is 0. The second-order valence-electron chi connectivity index (χ2n) is 3.07. The van der Waals surface area contributed by atoms with E-state index in [0.29, 0.717) is 0 Å². The van der Waals surface area contributed by atoms with Crippen molar-refractivity contribution in [1.29, 1.82) is 0 Å². The molecule has 0 aliphatic heterocycles. The molecule has 0 unspecified atom stereocenters. The Bertz CT molecular complexity index is 217. The van der Waals surface area contributed by atoms with Gasteiger partial charge in [-0.3, -0.25) is 4.98 Å².